The van der Waals surface area contributed by atoms with E-state index in [1.54, 1.807) is 12.1 Å². The molecular weight excluding hydrogens is 288 g/mol. The predicted octanol–water partition coefficient (Wildman–Crippen LogP) is 0.637. The van der Waals surface area contributed by atoms with Gasteiger partial charge in [-0.15, -0.1) is 0 Å². The van der Waals surface area contributed by atoms with Gasteiger partial charge in [0, 0.05) is 6.26 Å². The van der Waals surface area contributed by atoms with Crippen molar-refractivity contribution in [2.24, 2.45) is 0 Å². The van der Waals surface area contributed by atoms with E-state index in [9.17, 15) is 8.42 Å². The van der Waals surface area contributed by atoms with E-state index in [4.69, 9.17) is 22.8 Å². The number of aromatic nitrogens is 3. The second-order valence-electron chi connectivity index (χ2n) is 3.85. The van der Waals surface area contributed by atoms with E-state index in [0.29, 0.717) is 16.3 Å². The summed E-state index contributed by atoms with van der Waals surface area (Å²) in [7, 11) is -3.20. The zero-order valence-corrected chi connectivity index (χ0v) is 11.7. The average molecular weight is 300 g/mol. The van der Waals surface area contributed by atoms with E-state index < -0.39 is 9.84 Å². The first-order valence-corrected chi connectivity index (χ1v) is 7.52. The molecule has 0 saturated carbocycles. The van der Waals surface area contributed by atoms with Crippen LogP contribution in [0.5, 0.6) is 5.75 Å². The number of ether oxygens (including phenoxy) is 1. The molecule has 0 fully saturated rings. The van der Waals surface area contributed by atoms with Crippen molar-refractivity contribution in [3.63, 3.8) is 0 Å². The Labute approximate surface area is 114 Å². The summed E-state index contributed by atoms with van der Waals surface area (Å²) in [6.07, 6.45) is 1.15. The number of nitrogens with one attached hydrogen (secondary N) is 1. The zero-order valence-electron chi connectivity index (χ0n) is 10.0. The molecule has 1 aromatic heterocycles. The van der Waals surface area contributed by atoms with Crippen LogP contribution in [0.15, 0.2) is 29.2 Å². The van der Waals surface area contributed by atoms with Gasteiger partial charge in [0.15, 0.2) is 15.7 Å². The number of hydrogen-bond acceptors (Lipinski definition) is 6. The number of nitrogens with two attached hydrogens (primary N) is 1. The van der Waals surface area contributed by atoms with Crippen molar-refractivity contribution in [2.75, 3.05) is 12.1 Å². The number of hydrogen-bond donors (Lipinski definition) is 2. The molecule has 0 radical (unpaired) electrons. The van der Waals surface area contributed by atoms with E-state index in [1.807, 2.05) is 0 Å². The number of nitrogens with zero attached hydrogens (tertiary/aromatic N) is 2. The van der Waals surface area contributed by atoms with Crippen molar-refractivity contribution >= 4 is 22.1 Å². The normalized spacial score (nSPS) is 11.4. The first-order valence-electron chi connectivity index (χ1n) is 5.22. The van der Waals surface area contributed by atoms with Crippen LogP contribution in [0.25, 0.3) is 0 Å². The van der Waals surface area contributed by atoms with Crippen molar-refractivity contribution in [3.05, 3.63) is 34.9 Å². The van der Waals surface area contributed by atoms with Gasteiger partial charge in [0.1, 0.15) is 12.4 Å². The van der Waals surface area contributed by atoms with Crippen LogP contribution in [0.1, 0.15) is 5.82 Å². The van der Waals surface area contributed by atoms with Gasteiger partial charge < -0.3 is 10.6 Å². The summed E-state index contributed by atoms with van der Waals surface area (Å²) in [6.45, 7) is 0.127. The number of sulfone groups is 1. The summed E-state index contributed by atoms with van der Waals surface area (Å²) in [5.41, 5.74) is 0. The van der Waals surface area contributed by atoms with E-state index in [2.05, 4.69) is 10.2 Å². The molecule has 9 heteroatoms. The number of benzene rings is 1. The molecule has 0 aliphatic rings. The molecule has 3 N–H and O–H groups in total. The van der Waals surface area contributed by atoms with Gasteiger partial charge in [-0.3, -0.25) is 5.10 Å². The standard InChI is InChI=1S/C10H12N4O3S2/c1-19(15,16)8-4-2-7(3-5-8)17-6-9-12-13-10(18)14(9)11/h2-5H,6,11H2,1H3,(H,13,18). The lowest BCUT2D eigenvalue weighted by molar-refractivity contribution is 0.292. The molecule has 2 aromatic rings. The van der Waals surface area contributed by atoms with E-state index >= 15 is 0 Å². The molecule has 1 aromatic carbocycles. The van der Waals surface area contributed by atoms with Gasteiger partial charge in [0.25, 0.3) is 0 Å². The van der Waals surface area contributed by atoms with Crippen molar-refractivity contribution in [3.8, 4) is 5.75 Å². The van der Waals surface area contributed by atoms with Crippen LogP contribution in [0.4, 0.5) is 0 Å². The molecule has 0 amide bonds. The fraction of sp³-hybridized carbons (Fsp3) is 0.200. The third-order valence-electron chi connectivity index (χ3n) is 2.40. The SMILES string of the molecule is CS(=O)(=O)c1ccc(OCc2n[nH]c(=S)n2N)cc1. The molecule has 0 bridgehead atoms. The van der Waals surface area contributed by atoms with E-state index in [0.717, 1.165) is 6.26 Å². The summed E-state index contributed by atoms with van der Waals surface area (Å²) in [4.78, 5) is 0.237. The Balaban J connectivity index is 2.09. The quantitative estimate of drug-likeness (QED) is 0.634. The largest absolute Gasteiger partial charge is 0.486 e. The Morgan fingerprint density at radius 2 is 2.05 bits per heavy atom. The van der Waals surface area contributed by atoms with Gasteiger partial charge in [0.2, 0.25) is 4.77 Å². The topological polar surface area (TPSA) is 103 Å². The molecule has 0 aliphatic carbocycles. The first kappa shape index (κ1) is 13.6. The highest BCUT2D eigenvalue weighted by Gasteiger charge is 2.07. The molecule has 0 aliphatic heterocycles. The maximum atomic E-state index is 11.3. The minimum atomic E-state index is -3.20. The Kier molecular flexibility index (Phi) is 3.58. The molecule has 19 heavy (non-hydrogen) atoms. The Morgan fingerprint density at radius 3 is 2.53 bits per heavy atom. The maximum Gasteiger partial charge on any atom is 0.214 e. The number of aromatic amines is 1. The molecular formula is C10H12N4O3S2. The third kappa shape index (κ3) is 3.12. The van der Waals surface area contributed by atoms with Gasteiger partial charge in [-0.2, -0.15) is 5.10 Å². The summed E-state index contributed by atoms with van der Waals surface area (Å²) in [6, 6.07) is 6.09. The van der Waals surface area contributed by atoms with Gasteiger partial charge in [-0.05, 0) is 36.5 Å². The zero-order chi connectivity index (χ0) is 14.0. The lowest BCUT2D eigenvalue weighted by atomic mass is 10.3. The fourth-order valence-corrected chi connectivity index (χ4v) is 2.15. The number of rotatable bonds is 4. The van der Waals surface area contributed by atoms with E-state index in [1.165, 1.54) is 16.8 Å². The lowest BCUT2D eigenvalue weighted by Gasteiger charge is -2.06. The van der Waals surface area contributed by atoms with Gasteiger partial charge in [-0.25, -0.2) is 13.1 Å². The van der Waals surface area contributed by atoms with Gasteiger partial charge in [0.05, 0.1) is 4.90 Å². The summed E-state index contributed by atoms with van der Waals surface area (Å²) >= 11 is 4.86. The van der Waals surface area contributed by atoms with Crippen molar-refractivity contribution in [1.29, 1.82) is 0 Å². The molecule has 1 heterocycles. The molecule has 7 nitrogen and oxygen atoms in total. The second-order valence-corrected chi connectivity index (χ2v) is 6.25. The van der Waals surface area contributed by atoms with Crippen molar-refractivity contribution in [1.82, 2.24) is 14.9 Å². The van der Waals surface area contributed by atoms with Crippen LogP contribution in [0.3, 0.4) is 0 Å². The van der Waals surface area contributed by atoms with Crippen LogP contribution < -0.4 is 10.6 Å². The summed E-state index contributed by atoms with van der Waals surface area (Å²) in [5.74, 6) is 6.56. The second kappa shape index (κ2) is 5.02. The van der Waals surface area contributed by atoms with Crippen LogP contribution in [0, 0.1) is 4.77 Å². The summed E-state index contributed by atoms with van der Waals surface area (Å²) < 4.78 is 29.5. The van der Waals surface area contributed by atoms with Crippen molar-refractivity contribution < 1.29 is 13.2 Å². The van der Waals surface area contributed by atoms with Gasteiger partial charge in [-0.1, -0.05) is 0 Å². The molecule has 0 unspecified atom stereocenters. The minimum Gasteiger partial charge on any atom is -0.486 e. The molecule has 0 saturated heterocycles. The molecule has 2 rings (SSSR count). The van der Waals surface area contributed by atoms with Crippen LogP contribution in [0.2, 0.25) is 0 Å². The van der Waals surface area contributed by atoms with Crippen LogP contribution in [-0.2, 0) is 16.4 Å². The highest BCUT2D eigenvalue weighted by Crippen LogP contribution is 2.16. The minimum absolute atomic E-state index is 0.127. The monoisotopic (exact) mass is 300 g/mol. The first-order chi connectivity index (χ1) is 8.88. The maximum absolute atomic E-state index is 11.3. The van der Waals surface area contributed by atoms with Gasteiger partial charge >= 0.3 is 0 Å². The molecule has 0 atom stereocenters. The van der Waals surface area contributed by atoms with Crippen molar-refractivity contribution in [2.45, 2.75) is 11.5 Å². The van der Waals surface area contributed by atoms with Crippen LogP contribution >= 0.6 is 12.2 Å². The number of nitrogen functional groups attached to an aromatic ring is 1. The van der Waals surface area contributed by atoms with Crippen LogP contribution in [-0.4, -0.2) is 29.5 Å². The average Bonchev–Trinajstić information content (AvgIpc) is 2.67. The Bertz CT molecular complexity index is 731. The Morgan fingerprint density at radius 1 is 1.42 bits per heavy atom. The third-order valence-corrected chi connectivity index (χ3v) is 3.81. The Hall–Kier alpha value is -1.87. The number of H-pyrrole nitrogens is 1. The molecule has 102 valence electrons. The fourth-order valence-electron chi connectivity index (χ4n) is 1.37. The lowest BCUT2D eigenvalue weighted by Crippen LogP contribution is -2.14. The molecule has 0 spiro atoms. The smallest absolute Gasteiger partial charge is 0.214 e. The summed E-state index contributed by atoms with van der Waals surface area (Å²) in [5, 5.41) is 6.42. The highest BCUT2D eigenvalue weighted by molar-refractivity contribution is 7.90. The van der Waals surface area contributed by atoms with E-state index in [-0.39, 0.29) is 11.5 Å². The highest BCUT2D eigenvalue weighted by atomic mass is 32.2. The predicted molar refractivity (Wildman–Crippen MR) is 71.4 cm³/mol.